The number of hydrogen-bond acceptors (Lipinski definition) is 6. The molecular formula is C26H16O6. The predicted octanol–water partition coefficient (Wildman–Crippen LogP) is 5.09. The van der Waals surface area contributed by atoms with Gasteiger partial charge >= 0.3 is 11.6 Å². The number of aryl methyl sites for hydroxylation is 1. The molecule has 0 amide bonds. The van der Waals surface area contributed by atoms with Crippen LogP contribution in [0.3, 0.4) is 0 Å². The van der Waals surface area contributed by atoms with Crippen LogP contribution in [-0.2, 0) is 0 Å². The summed E-state index contributed by atoms with van der Waals surface area (Å²) in [7, 11) is 0. The molecule has 0 fully saturated rings. The van der Waals surface area contributed by atoms with Gasteiger partial charge in [-0.1, -0.05) is 60.2 Å². The Kier molecular flexibility index (Phi) is 4.67. The summed E-state index contributed by atoms with van der Waals surface area (Å²) in [5.41, 5.74) is 0.448. The van der Waals surface area contributed by atoms with Crippen molar-refractivity contribution in [3.63, 3.8) is 0 Å². The number of rotatable bonds is 3. The molecule has 156 valence electrons. The summed E-state index contributed by atoms with van der Waals surface area (Å²) in [6.45, 7) is 1.84. The van der Waals surface area contributed by atoms with Crippen LogP contribution >= 0.6 is 0 Å². The first-order valence-electron chi connectivity index (χ1n) is 9.89. The lowest BCUT2D eigenvalue weighted by Crippen LogP contribution is -2.22. The van der Waals surface area contributed by atoms with Gasteiger partial charge in [-0.05, 0) is 31.2 Å². The summed E-state index contributed by atoms with van der Waals surface area (Å²) in [6.07, 6.45) is 0. The van der Waals surface area contributed by atoms with Gasteiger partial charge in [0.2, 0.25) is 11.2 Å². The molecule has 0 bridgehead atoms. The molecule has 0 saturated carbocycles. The van der Waals surface area contributed by atoms with Crippen LogP contribution in [0.1, 0.15) is 15.9 Å². The summed E-state index contributed by atoms with van der Waals surface area (Å²) < 4.78 is 16.7. The van der Waals surface area contributed by atoms with Crippen molar-refractivity contribution in [2.45, 2.75) is 6.92 Å². The number of hydrogen-bond donors (Lipinski definition) is 0. The SMILES string of the molecule is Cc1ccc2oc(-c3ccccc3)c(OC(=O)c3cc4ccccc4oc3=O)c(=O)c2c1. The molecule has 5 aromatic rings. The Morgan fingerprint density at radius 2 is 1.56 bits per heavy atom. The first kappa shape index (κ1) is 19.5. The van der Waals surface area contributed by atoms with Crippen molar-refractivity contribution in [3.05, 3.63) is 111 Å². The van der Waals surface area contributed by atoms with E-state index in [1.165, 1.54) is 6.07 Å². The van der Waals surface area contributed by atoms with E-state index < -0.39 is 17.0 Å². The third-order valence-electron chi connectivity index (χ3n) is 5.10. The highest BCUT2D eigenvalue weighted by Gasteiger charge is 2.23. The number of carbonyl (C=O) groups is 1. The molecule has 6 nitrogen and oxygen atoms in total. The van der Waals surface area contributed by atoms with Gasteiger partial charge in [0.1, 0.15) is 16.7 Å². The zero-order valence-corrected chi connectivity index (χ0v) is 17.0. The van der Waals surface area contributed by atoms with Gasteiger partial charge in [-0.25, -0.2) is 9.59 Å². The van der Waals surface area contributed by atoms with Crippen LogP contribution in [0.4, 0.5) is 0 Å². The molecule has 2 heterocycles. The van der Waals surface area contributed by atoms with Crippen LogP contribution in [0.2, 0.25) is 0 Å². The average Bonchev–Trinajstić information content (AvgIpc) is 2.81. The lowest BCUT2D eigenvalue weighted by molar-refractivity contribution is 0.0727. The number of benzene rings is 3. The minimum Gasteiger partial charge on any atom is -0.452 e. The van der Waals surface area contributed by atoms with Gasteiger partial charge in [0.15, 0.2) is 5.76 Å². The number of para-hydroxylation sites is 1. The Balaban J connectivity index is 1.69. The van der Waals surface area contributed by atoms with Crippen LogP contribution in [0.25, 0.3) is 33.3 Å². The molecule has 0 radical (unpaired) electrons. The minimum atomic E-state index is -0.999. The van der Waals surface area contributed by atoms with Crippen molar-refractivity contribution >= 4 is 27.9 Å². The topological polar surface area (TPSA) is 86.7 Å². The van der Waals surface area contributed by atoms with E-state index in [9.17, 15) is 14.4 Å². The second-order valence-corrected chi connectivity index (χ2v) is 7.33. The molecule has 0 atom stereocenters. The second kappa shape index (κ2) is 7.67. The molecule has 0 aliphatic rings. The maximum Gasteiger partial charge on any atom is 0.351 e. The molecule has 32 heavy (non-hydrogen) atoms. The first-order valence-corrected chi connectivity index (χ1v) is 9.89. The Morgan fingerprint density at radius 3 is 2.38 bits per heavy atom. The fourth-order valence-electron chi connectivity index (χ4n) is 3.52. The molecule has 0 spiro atoms. The zero-order valence-electron chi connectivity index (χ0n) is 17.0. The van der Waals surface area contributed by atoms with Crippen LogP contribution in [0.15, 0.2) is 97.3 Å². The smallest absolute Gasteiger partial charge is 0.351 e. The van der Waals surface area contributed by atoms with E-state index in [0.29, 0.717) is 22.1 Å². The number of fused-ring (bicyclic) bond motifs is 2. The lowest BCUT2D eigenvalue weighted by atomic mass is 10.1. The Hall–Kier alpha value is -4.45. The third-order valence-corrected chi connectivity index (χ3v) is 5.10. The third kappa shape index (κ3) is 3.37. The van der Waals surface area contributed by atoms with Gasteiger partial charge in [0.05, 0.1) is 5.39 Å². The molecule has 2 aromatic heterocycles. The van der Waals surface area contributed by atoms with Crippen LogP contribution in [0.5, 0.6) is 5.75 Å². The highest BCUT2D eigenvalue weighted by atomic mass is 16.5. The van der Waals surface area contributed by atoms with E-state index in [-0.39, 0.29) is 22.5 Å². The predicted molar refractivity (Wildman–Crippen MR) is 120 cm³/mol. The van der Waals surface area contributed by atoms with E-state index >= 15 is 0 Å². The lowest BCUT2D eigenvalue weighted by Gasteiger charge is -2.11. The molecule has 3 aromatic carbocycles. The van der Waals surface area contributed by atoms with Crippen molar-refractivity contribution in [2.24, 2.45) is 0 Å². The Morgan fingerprint density at radius 1 is 0.812 bits per heavy atom. The summed E-state index contributed by atoms with van der Waals surface area (Å²) >= 11 is 0. The molecular weight excluding hydrogens is 408 g/mol. The van der Waals surface area contributed by atoms with Gasteiger partial charge in [-0.2, -0.15) is 0 Å². The number of esters is 1. The van der Waals surface area contributed by atoms with Gasteiger partial charge in [-0.15, -0.1) is 0 Å². The zero-order chi connectivity index (χ0) is 22.2. The van der Waals surface area contributed by atoms with Crippen molar-refractivity contribution in [2.75, 3.05) is 0 Å². The van der Waals surface area contributed by atoms with E-state index in [2.05, 4.69) is 0 Å². The fraction of sp³-hybridized carbons (Fsp3) is 0.0385. The molecule has 0 aliphatic carbocycles. The highest BCUT2D eigenvalue weighted by Crippen LogP contribution is 2.31. The number of carbonyl (C=O) groups excluding carboxylic acids is 1. The summed E-state index contributed by atoms with van der Waals surface area (Å²) in [5, 5.41) is 0.835. The quantitative estimate of drug-likeness (QED) is 0.296. The van der Waals surface area contributed by atoms with Crippen molar-refractivity contribution in [1.29, 1.82) is 0 Å². The van der Waals surface area contributed by atoms with Gasteiger partial charge in [0.25, 0.3) is 0 Å². The van der Waals surface area contributed by atoms with Gasteiger partial charge in [0, 0.05) is 10.9 Å². The molecule has 0 aliphatic heterocycles. The van der Waals surface area contributed by atoms with Gasteiger partial charge in [-0.3, -0.25) is 4.79 Å². The summed E-state index contributed by atoms with van der Waals surface area (Å²) in [5.74, 6) is -1.18. The molecule has 0 saturated heterocycles. The van der Waals surface area contributed by atoms with Gasteiger partial charge < -0.3 is 13.6 Å². The largest absolute Gasteiger partial charge is 0.452 e. The molecule has 0 N–H and O–H groups in total. The normalized spacial score (nSPS) is 11.0. The molecule has 5 rings (SSSR count). The van der Waals surface area contributed by atoms with E-state index in [0.717, 1.165) is 5.56 Å². The van der Waals surface area contributed by atoms with Crippen molar-refractivity contribution in [3.8, 4) is 17.1 Å². The van der Waals surface area contributed by atoms with E-state index in [1.54, 1.807) is 60.7 Å². The number of ether oxygens (including phenoxy) is 1. The average molecular weight is 424 g/mol. The monoisotopic (exact) mass is 424 g/mol. The van der Waals surface area contributed by atoms with Crippen LogP contribution in [-0.4, -0.2) is 5.97 Å². The first-order chi connectivity index (χ1) is 15.5. The molecule has 0 unspecified atom stereocenters. The summed E-state index contributed by atoms with van der Waals surface area (Å²) in [4.78, 5) is 38.6. The van der Waals surface area contributed by atoms with Crippen LogP contribution < -0.4 is 15.8 Å². The van der Waals surface area contributed by atoms with Crippen LogP contribution in [0, 0.1) is 6.92 Å². The summed E-state index contributed by atoms with van der Waals surface area (Å²) in [6, 6.07) is 22.2. The van der Waals surface area contributed by atoms with E-state index in [1.807, 2.05) is 19.1 Å². The highest BCUT2D eigenvalue weighted by molar-refractivity contribution is 5.95. The Bertz CT molecular complexity index is 1610. The fourth-order valence-corrected chi connectivity index (χ4v) is 3.52. The second-order valence-electron chi connectivity index (χ2n) is 7.33. The van der Waals surface area contributed by atoms with Crippen molar-refractivity contribution in [1.82, 2.24) is 0 Å². The maximum atomic E-state index is 13.3. The Labute approximate surface area is 181 Å². The maximum absolute atomic E-state index is 13.3. The minimum absolute atomic E-state index is 0.102. The van der Waals surface area contributed by atoms with Crippen molar-refractivity contribution < 1.29 is 18.4 Å². The molecule has 6 heteroatoms. The standard InChI is InChI=1S/C26H16O6/c1-15-11-12-21-18(13-15)22(27)24(23(30-21)16-7-3-2-4-8-16)32-26(29)19-14-17-9-5-6-10-20(17)31-25(19)28/h2-14H,1H3. The van der Waals surface area contributed by atoms with E-state index in [4.69, 9.17) is 13.6 Å².